The smallest absolute Gasteiger partial charge is 0.341 e. The van der Waals surface area contributed by atoms with Crippen LogP contribution in [-0.4, -0.2) is 36.1 Å². The number of likely N-dealkylation sites (tertiary alicyclic amines) is 1. The van der Waals surface area contributed by atoms with Gasteiger partial charge in [-0.15, -0.1) is 0 Å². The van der Waals surface area contributed by atoms with E-state index >= 15 is 0 Å². The quantitative estimate of drug-likeness (QED) is 0.735. The number of piperidine rings is 1. The fourth-order valence-corrected chi connectivity index (χ4v) is 1.45. The van der Waals surface area contributed by atoms with Crippen LogP contribution in [0.1, 0.15) is 19.3 Å². The number of hydrogen-bond acceptors (Lipinski definition) is 2. The van der Waals surface area contributed by atoms with Gasteiger partial charge in [0, 0.05) is 13.1 Å². The lowest BCUT2D eigenvalue weighted by molar-refractivity contribution is -0.147. The van der Waals surface area contributed by atoms with Crippen LogP contribution in [-0.2, 0) is 4.79 Å². The molecule has 0 bridgehead atoms. The molecule has 0 aromatic rings. The third-order valence-electron chi connectivity index (χ3n) is 2.24. The first-order chi connectivity index (χ1) is 6.40. The zero-order chi connectivity index (χ0) is 10.8. The molecule has 1 heterocycles. The molecule has 0 aromatic carbocycles. The number of halogens is 3. The molecule has 1 unspecified atom stereocenters. The SMILES string of the molecule is NC1CCCN(CCC(F)(F)F)C1=O. The highest BCUT2D eigenvalue weighted by molar-refractivity contribution is 5.82. The van der Waals surface area contributed by atoms with Crippen molar-refractivity contribution in [1.82, 2.24) is 4.90 Å². The van der Waals surface area contributed by atoms with E-state index in [1.807, 2.05) is 0 Å². The molecule has 0 spiro atoms. The first kappa shape index (κ1) is 11.3. The van der Waals surface area contributed by atoms with Crippen LogP contribution in [0.4, 0.5) is 13.2 Å². The van der Waals surface area contributed by atoms with E-state index in [0.717, 1.165) is 0 Å². The van der Waals surface area contributed by atoms with Crippen molar-refractivity contribution in [3.63, 3.8) is 0 Å². The van der Waals surface area contributed by atoms with Gasteiger partial charge in [-0.05, 0) is 12.8 Å². The van der Waals surface area contributed by atoms with Gasteiger partial charge in [0.2, 0.25) is 5.91 Å². The molecule has 6 heteroatoms. The third kappa shape index (κ3) is 3.17. The summed E-state index contributed by atoms with van der Waals surface area (Å²) in [5.74, 6) is -0.361. The van der Waals surface area contributed by atoms with Gasteiger partial charge in [0.15, 0.2) is 0 Å². The Hall–Kier alpha value is -0.780. The summed E-state index contributed by atoms with van der Waals surface area (Å²) in [6, 6.07) is -0.614. The van der Waals surface area contributed by atoms with E-state index in [4.69, 9.17) is 5.73 Å². The van der Waals surface area contributed by atoms with E-state index < -0.39 is 18.6 Å². The van der Waals surface area contributed by atoms with Crippen LogP contribution in [0, 0.1) is 0 Å². The number of alkyl halides is 3. The maximum absolute atomic E-state index is 11.9. The molecule has 1 amide bonds. The Morgan fingerprint density at radius 3 is 2.71 bits per heavy atom. The summed E-state index contributed by atoms with van der Waals surface area (Å²) in [7, 11) is 0. The standard InChI is InChI=1S/C8H13F3N2O/c9-8(10,11)3-5-13-4-1-2-6(12)7(13)14/h6H,1-5,12H2. The zero-order valence-corrected chi connectivity index (χ0v) is 7.68. The maximum atomic E-state index is 11.9. The fraction of sp³-hybridized carbons (Fsp3) is 0.875. The molecule has 0 saturated carbocycles. The normalized spacial score (nSPS) is 24.1. The maximum Gasteiger partial charge on any atom is 0.390 e. The van der Waals surface area contributed by atoms with Crippen LogP contribution in [0.3, 0.4) is 0 Å². The Bertz CT molecular complexity index is 217. The predicted octanol–water partition coefficient (Wildman–Crippen LogP) is 0.888. The lowest BCUT2D eigenvalue weighted by Gasteiger charge is -2.30. The van der Waals surface area contributed by atoms with Gasteiger partial charge in [-0.25, -0.2) is 0 Å². The third-order valence-corrected chi connectivity index (χ3v) is 2.24. The molecule has 1 fully saturated rings. The van der Waals surface area contributed by atoms with Gasteiger partial charge in [0.1, 0.15) is 0 Å². The second-order valence-corrected chi connectivity index (χ2v) is 3.44. The van der Waals surface area contributed by atoms with Crippen LogP contribution in [0.15, 0.2) is 0 Å². The second kappa shape index (κ2) is 4.16. The highest BCUT2D eigenvalue weighted by Gasteiger charge is 2.31. The number of carbonyl (C=O) groups excluding carboxylic acids is 1. The van der Waals surface area contributed by atoms with E-state index in [-0.39, 0.29) is 12.5 Å². The monoisotopic (exact) mass is 210 g/mol. The van der Waals surface area contributed by atoms with Crippen molar-refractivity contribution >= 4 is 5.91 Å². The lowest BCUT2D eigenvalue weighted by atomic mass is 10.1. The van der Waals surface area contributed by atoms with Crippen molar-refractivity contribution in [2.75, 3.05) is 13.1 Å². The average molecular weight is 210 g/mol. The molecule has 0 aromatic heterocycles. The summed E-state index contributed by atoms with van der Waals surface area (Å²) in [6.45, 7) is 0.124. The first-order valence-corrected chi connectivity index (χ1v) is 4.51. The van der Waals surface area contributed by atoms with Gasteiger partial charge in [-0.1, -0.05) is 0 Å². The molecule has 0 aliphatic carbocycles. The molecule has 3 nitrogen and oxygen atoms in total. The number of amides is 1. The lowest BCUT2D eigenvalue weighted by Crippen LogP contribution is -2.49. The molecule has 1 aliphatic heterocycles. The Kier molecular flexibility index (Phi) is 3.36. The van der Waals surface area contributed by atoms with E-state index in [2.05, 4.69) is 0 Å². The molecular formula is C8H13F3N2O. The highest BCUT2D eigenvalue weighted by atomic mass is 19.4. The Balaban J connectivity index is 2.40. The summed E-state index contributed by atoms with van der Waals surface area (Å²) in [5, 5.41) is 0. The molecular weight excluding hydrogens is 197 g/mol. The van der Waals surface area contributed by atoms with E-state index in [9.17, 15) is 18.0 Å². The highest BCUT2D eigenvalue weighted by Crippen LogP contribution is 2.21. The van der Waals surface area contributed by atoms with Crippen molar-refractivity contribution in [2.45, 2.75) is 31.5 Å². The number of rotatable bonds is 2. The van der Waals surface area contributed by atoms with Crippen LogP contribution >= 0.6 is 0 Å². The van der Waals surface area contributed by atoms with Crippen molar-refractivity contribution in [3.05, 3.63) is 0 Å². The fourth-order valence-electron chi connectivity index (χ4n) is 1.45. The van der Waals surface area contributed by atoms with Gasteiger partial charge in [0.05, 0.1) is 12.5 Å². The number of nitrogens with zero attached hydrogens (tertiary/aromatic N) is 1. The Morgan fingerprint density at radius 2 is 2.14 bits per heavy atom. The molecule has 0 radical (unpaired) electrons. The first-order valence-electron chi connectivity index (χ1n) is 4.51. The van der Waals surface area contributed by atoms with Crippen LogP contribution < -0.4 is 5.73 Å². The minimum Gasteiger partial charge on any atom is -0.341 e. The topological polar surface area (TPSA) is 46.3 Å². The molecule has 14 heavy (non-hydrogen) atoms. The van der Waals surface area contributed by atoms with Gasteiger partial charge in [-0.3, -0.25) is 4.79 Å². The van der Waals surface area contributed by atoms with Crippen molar-refractivity contribution in [3.8, 4) is 0 Å². The summed E-state index contributed by atoms with van der Waals surface area (Å²) in [6.07, 6.45) is -3.90. The molecule has 82 valence electrons. The molecule has 1 saturated heterocycles. The van der Waals surface area contributed by atoms with Crippen molar-refractivity contribution in [2.24, 2.45) is 5.73 Å². The van der Waals surface area contributed by atoms with Crippen LogP contribution in [0.2, 0.25) is 0 Å². The second-order valence-electron chi connectivity index (χ2n) is 3.44. The van der Waals surface area contributed by atoms with Gasteiger partial charge < -0.3 is 10.6 Å². The van der Waals surface area contributed by atoms with Gasteiger partial charge in [0.25, 0.3) is 0 Å². The number of carbonyl (C=O) groups is 1. The number of nitrogens with two attached hydrogens (primary N) is 1. The largest absolute Gasteiger partial charge is 0.390 e. The molecule has 1 aliphatic rings. The summed E-state index contributed by atoms with van der Waals surface area (Å²) < 4.78 is 35.6. The molecule has 1 atom stereocenters. The van der Waals surface area contributed by atoms with E-state index in [1.54, 1.807) is 0 Å². The van der Waals surface area contributed by atoms with E-state index in [0.29, 0.717) is 19.4 Å². The zero-order valence-electron chi connectivity index (χ0n) is 7.68. The molecule has 2 N–H and O–H groups in total. The minimum atomic E-state index is -4.21. The van der Waals surface area contributed by atoms with E-state index in [1.165, 1.54) is 4.90 Å². The summed E-state index contributed by atoms with van der Waals surface area (Å²) in [4.78, 5) is 12.5. The molecule has 1 rings (SSSR count). The van der Waals surface area contributed by atoms with Crippen molar-refractivity contribution < 1.29 is 18.0 Å². The Morgan fingerprint density at radius 1 is 1.50 bits per heavy atom. The predicted molar refractivity (Wildman–Crippen MR) is 44.5 cm³/mol. The summed E-state index contributed by atoms with van der Waals surface area (Å²) in [5.41, 5.74) is 5.44. The Labute approximate surface area is 80.0 Å². The van der Waals surface area contributed by atoms with Crippen LogP contribution in [0.25, 0.3) is 0 Å². The number of hydrogen-bond donors (Lipinski definition) is 1. The minimum absolute atomic E-state index is 0.268. The van der Waals surface area contributed by atoms with Gasteiger partial charge >= 0.3 is 6.18 Å². The van der Waals surface area contributed by atoms with Gasteiger partial charge in [-0.2, -0.15) is 13.2 Å². The van der Waals surface area contributed by atoms with Crippen molar-refractivity contribution in [1.29, 1.82) is 0 Å². The average Bonchev–Trinajstić information content (AvgIpc) is 2.06. The van der Waals surface area contributed by atoms with Crippen LogP contribution in [0.5, 0.6) is 0 Å². The summed E-state index contributed by atoms with van der Waals surface area (Å²) >= 11 is 0.